The third kappa shape index (κ3) is 4.74. The van der Waals surface area contributed by atoms with Crippen LogP contribution in [0.15, 0.2) is 54.6 Å². The van der Waals surface area contributed by atoms with Gasteiger partial charge in [-0.15, -0.1) is 12.4 Å². The Labute approximate surface area is 132 Å². The maximum Gasteiger partial charge on any atom is 0.127 e. The Morgan fingerprint density at radius 1 is 0.905 bits per heavy atom. The minimum absolute atomic E-state index is 0. The molecule has 2 aromatic rings. The third-order valence-corrected chi connectivity index (χ3v) is 3.29. The Morgan fingerprint density at radius 2 is 1.43 bits per heavy atom. The monoisotopic (exact) mass is 307 g/mol. The van der Waals surface area contributed by atoms with Gasteiger partial charge >= 0.3 is 0 Å². The largest absolute Gasteiger partial charge is 0.457 e. The summed E-state index contributed by atoms with van der Waals surface area (Å²) in [6.07, 6.45) is -0.545. The van der Waals surface area contributed by atoms with Crippen LogP contribution in [0.1, 0.15) is 25.5 Å². The third-order valence-electron chi connectivity index (χ3n) is 3.29. The lowest BCUT2D eigenvalue weighted by atomic mass is 9.94. The first kappa shape index (κ1) is 17.5. The molecular weight excluding hydrogens is 286 g/mol. The zero-order valence-corrected chi connectivity index (χ0v) is 13.1. The Hall–Kier alpha value is -1.55. The van der Waals surface area contributed by atoms with Crippen LogP contribution in [0.4, 0.5) is 0 Å². The van der Waals surface area contributed by atoms with E-state index in [1.54, 1.807) is 0 Å². The molecule has 0 bridgehead atoms. The van der Waals surface area contributed by atoms with Crippen LogP contribution < -0.4 is 10.5 Å². The number of aliphatic hydroxyl groups is 1. The average Bonchev–Trinajstić information content (AvgIpc) is 2.47. The van der Waals surface area contributed by atoms with Crippen LogP contribution in [0.5, 0.6) is 11.5 Å². The molecule has 0 aliphatic carbocycles. The molecule has 0 amide bonds. The molecule has 0 heterocycles. The van der Waals surface area contributed by atoms with Crippen molar-refractivity contribution in [1.29, 1.82) is 0 Å². The molecule has 0 aliphatic heterocycles. The summed E-state index contributed by atoms with van der Waals surface area (Å²) in [6, 6.07) is 16.8. The van der Waals surface area contributed by atoms with Crippen LogP contribution in [0.3, 0.4) is 0 Å². The number of para-hydroxylation sites is 1. The van der Waals surface area contributed by atoms with Crippen LogP contribution in [-0.2, 0) is 0 Å². The predicted molar refractivity (Wildman–Crippen MR) is 88.0 cm³/mol. The molecule has 21 heavy (non-hydrogen) atoms. The van der Waals surface area contributed by atoms with E-state index < -0.39 is 6.10 Å². The second-order valence-corrected chi connectivity index (χ2v) is 5.24. The SMILES string of the molecule is CC(C)[C@@H](O)[C@@H](N)c1ccc(Oc2ccccc2)cc1.Cl. The first-order chi connectivity index (χ1) is 9.58. The molecule has 114 valence electrons. The predicted octanol–water partition coefficient (Wildman–Crippen LogP) is 3.92. The smallest absolute Gasteiger partial charge is 0.127 e. The zero-order chi connectivity index (χ0) is 14.5. The fraction of sp³-hybridized carbons (Fsp3) is 0.294. The highest BCUT2D eigenvalue weighted by molar-refractivity contribution is 5.85. The number of nitrogens with two attached hydrogens (primary N) is 1. The van der Waals surface area contributed by atoms with Crippen molar-refractivity contribution in [2.45, 2.75) is 26.0 Å². The molecule has 3 nitrogen and oxygen atoms in total. The van der Waals surface area contributed by atoms with E-state index in [0.717, 1.165) is 17.1 Å². The van der Waals surface area contributed by atoms with E-state index in [2.05, 4.69) is 0 Å². The molecule has 0 fully saturated rings. The Kier molecular flexibility index (Phi) is 6.69. The maximum atomic E-state index is 10.00. The molecule has 0 spiro atoms. The summed E-state index contributed by atoms with van der Waals surface area (Å²) in [7, 11) is 0. The number of aliphatic hydroxyl groups excluding tert-OH is 1. The van der Waals surface area contributed by atoms with Crippen molar-refractivity contribution in [3.63, 3.8) is 0 Å². The van der Waals surface area contributed by atoms with Crippen molar-refractivity contribution in [3.05, 3.63) is 60.2 Å². The first-order valence-corrected chi connectivity index (χ1v) is 6.84. The fourth-order valence-electron chi connectivity index (χ4n) is 1.99. The highest BCUT2D eigenvalue weighted by Crippen LogP contribution is 2.25. The average molecular weight is 308 g/mol. The summed E-state index contributed by atoms with van der Waals surface area (Å²) >= 11 is 0. The number of hydrogen-bond donors (Lipinski definition) is 2. The van der Waals surface area contributed by atoms with Crippen molar-refractivity contribution in [2.24, 2.45) is 11.7 Å². The van der Waals surface area contributed by atoms with E-state index in [1.165, 1.54) is 0 Å². The molecule has 0 radical (unpaired) electrons. The molecule has 0 aromatic heterocycles. The quantitative estimate of drug-likeness (QED) is 0.880. The number of halogens is 1. The summed E-state index contributed by atoms with van der Waals surface area (Å²) < 4.78 is 5.72. The van der Waals surface area contributed by atoms with Gasteiger partial charge < -0.3 is 15.6 Å². The molecule has 0 aliphatic rings. The summed E-state index contributed by atoms with van der Waals surface area (Å²) in [5.41, 5.74) is 6.96. The van der Waals surface area contributed by atoms with E-state index in [0.29, 0.717) is 0 Å². The van der Waals surface area contributed by atoms with Crippen LogP contribution in [0.2, 0.25) is 0 Å². The summed E-state index contributed by atoms with van der Waals surface area (Å²) in [5.74, 6) is 1.68. The van der Waals surface area contributed by atoms with Gasteiger partial charge in [0.15, 0.2) is 0 Å². The minimum Gasteiger partial charge on any atom is -0.457 e. The van der Waals surface area contributed by atoms with Crippen LogP contribution in [-0.4, -0.2) is 11.2 Å². The van der Waals surface area contributed by atoms with Crippen molar-refractivity contribution < 1.29 is 9.84 Å². The Bertz CT molecular complexity index is 528. The second kappa shape index (κ2) is 8.03. The maximum absolute atomic E-state index is 10.00. The van der Waals surface area contributed by atoms with Crippen molar-refractivity contribution >= 4 is 12.4 Å². The van der Waals surface area contributed by atoms with Gasteiger partial charge in [-0.3, -0.25) is 0 Å². The molecule has 0 saturated heterocycles. The first-order valence-electron chi connectivity index (χ1n) is 6.84. The van der Waals surface area contributed by atoms with Gasteiger partial charge in [-0.25, -0.2) is 0 Å². The van der Waals surface area contributed by atoms with E-state index in [1.807, 2.05) is 68.4 Å². The Morgan fingerprint density at radius 3 is 1.95 bits per heavy atom. The van der Waals surface area contributed by atoms with Crippen molar-refractivity contribution in [1.82, 2.24) is 0 Å². The van der Waals surface area contributed by atoms with E-state index in [9.17, 15) is 5.11 Å². The van der Waals surface area contributed by atoms with Gasteiger partial charge in [0.05, 0.1) is 12.1 Å². The summed E-state index contributed by atoms with van der Waals surface area (Å²) in [5, 5.41) is 10.00. The van der Waals surface area contributed by atoms with Crippen LogP contribution >= 0.6 is 12.4 Å². The topological polar surface area (TPSA) is 55.5 Å². The molecule has 4 heteroatoms. The molecule has 2 atom stereocenters. The highest BCUT2D eigenvalue weighted by atomic mass is 35.5. The lowest BCUT2D eigenvalue weighted by Gasteiger charge is -2.22. The summed E-state index contributed by atoms with van der Waals surface area (Å²) in [6.45, 7) is 3.91. The van der Waals surface area contributed by atoms with Gasteiger partial charge in [-0.05, 0) is 35.7 Å². The standard InChI is InChI=1S/C17H21NO2.ClH/c1-12(2)17(19)16(18)13-8-10-15(11-9-13)20-14-6-4-3-5-7-14;/h3-12,16-17,19H,18H2,1-2H3;1H/t16-,17+;/m0./s1. The highest BCUT2D eigenvalue weighted by Gasteiger charge is 2.19. The lowest BCUT2D eigenvalue weighted by Crippen LogP contribution is -2.30. The van der Waals surface area contributed by atoms with E-state index in [-0.39, 0.29) is 24.4 Å². The molecule has 2 aromatic carbocycles. The zero-order valence-electron chi connectivity index (χ0n) is 12.3. The van der Waals surface area contributed by atoms with Gasteiger partial charge in [0.1, 0.15) is 11.5 Å². The molecule has 3 N–H and O–H groups in total. The van der Waals surface area contributed by atoms with Crippen molar-refractivity contribution in [2.75, 3.05) is 0 Å². The van der Waals surface area contributed by atoms with E-state index >= 15 is 0 Å². The number of benzene rings is 2. The van der Waals surface area contributed by atoms with Gasteiger partial charge in [-0.2, -0.15) is 0 Å². The normalized spacial score (nSPS) is 13.4. The molecule has 2 rings (SSSR count). The van der Waals surface area contributed by atoms with Crippen LogP contribution in [0.25, 0.3) is 0 Å². The molecule has 0 saturated carbocycles. The number of rotatable bonds is 5. The number of ether oxygens (including phenoxy) is 1. The van der Waals surface area contributed by atoms with Crippen LogP contribution in [0, 0.1) is 5.92 Å². The lowest BCUT2D eigenvalue weighted by molar-refractivity contribution is 0.0979. The van der Waals surface area contributed by atoms with Gasteiger partial charge in [0, 0.05) is 0 Å². The van der Waals surface area contributed by atoms with Gasteiger partial charge in [0.25, 0.3) is 0 Å². The second-order valence-electron chi connectivity index (χ2n) is 5.24. The van der Waals surface area contributed by atoms with E-state index in [4.69, 9.17) is 10.5 Å². The van der Waals surface area contributed by atoms with Crippen molar-refractivity contribution in [3.8, 4) is 11.5 Å². The summed E-state index contributed by atoms with van der Waals surface area (Å²) in [4.78, 5) is 0. The Balaban J connectivity index is 0.00000220. The van der Waals surface area contributed by atoms with Gasteiger partial charge in [0.2, 0.25) is 0 Å². The minimum atomic E-state index is -0.545. The fourth-order valence-corrected chi connectivity index (χ4v) is 1.99. The molecule has 0 unspecified atom stereocenters. The molecular formula is C17H22ClNO2. The van der Waals surface area contributed by atoms with Gasteiger partial charge in [-0.1, -0.05) is 44.2 Å². The number of hydrogen-bond acceptors (Lipinski definition) is 3.